The van der Waals surface area contributed by atoms with Gasteiger partial charge in [0.25, 0.3) is 0 Å². The minimum absolute atomic E-state index is 0.00441. The van der Waals surface area contributed by atoms with Crippen molar-refractivity contribution in [2.24, 2.45) is 5.92 Å². The van der Waals surface area contributed by atoms with E-state index in [1.54, 1.807) is 0 Å². The van der Waals surface area contributed by atoms with Crippen molar-refractivity contribution in [3.63, 3.8) is 0 Å². The van der Waals surface area contributed by atoms with Crippen LogP contribution in [0.1, 0.15) is 69.8 Å². The van der Waals surface area contributed by atoms with Crippen LogP contribution in [0.5, 0.6) is 0 Å². The molecule has 2 aliphatic carbocycles. The molecular formula is C25H33N3O5. The van der Waals surface area contributed by atoms with Crippen LogP contribution >= 0.6 is 0 Å². The summed E-state index contributed by atoms with van der Waals surface area (Å²) in [5.74, 6) is -0.144. The van der Waals surface area contributed by atoms with Gasteiger partial charge in [0.05, 0.1) is 5.41 Å². The van der Waals surface area contributed by atoms with Crippen molar-refractivity contribution in [1.29, 1.82) is 0 Å². The molecule has 5 rings (SSSR count). The first-order valence-electron chi connectivity index (χ1n) is 12.4. The Morgan fingerprint density at radius 2 is 1.82 bits per heavy atom. The molecule has 1 unspecified atom stereocenters. The van der Waals surface area contributed by atoms with Gasteiger partial charge in [-0.25, -0.2) is 4.79 Å². The van der Waals surface area contributed by atoms with Crippen molar-refractivity contribution in [3.8, 4) is 0 Å². The van der Waals surface area contributed by atoms with Crippen LogP contribution < -0.4 is 16.0 Å². The third-order valence-corrected chi connectivity index (χ3v) is 7.83. The fourth-order valence-corrected chi connectivity index (χ4v) is 5.61. The standard InChI is InChI=1S/C25H33N3O5/c29-22(21(16-5-2-1-3-6-16)28-24(31)33-18-7-4-8-18)26-17-9-10-19-20(15-17)27-23(30)25(19)11-13-32-14-12-25/h9-10,15-16,18,21H,1-8,11-14H2,(H,26,29)(H,27,30)(H,28,31). The van der Waals surface area contributed by atoms with Crippen molar-refractivity contribution in [2.75, 3.05) is 23.8 Å². The van der Waals surface area contributed by atoms with Crippen LogP contribution in [0.4, 0.5) is 16.2 Å². The quantitative estimate of drug-likeness (QED) is 0.625. The van der Waals surface area contributed by atoms with E-state index >= 15 is 0 Å². The SMILES string of the molecule is O=C(NC(C(=O)Nc1ccc2c(c1)NC(=O)C21CCOCC1)C1CCCCC1)OC1CCC1. The van der Waals surface area contributed by atoms with Crippen LogP contribution in [0.3, 0.4) is 0 Å². The number of carbonyl (C=O) groups is 3. The van der Waals surface area contributed by atoms with Crippen LogP contribution in [0.25, 0.3) is 0 Å². The van der Waals surface area contributed by atoms with E-state index < -0.39 is 17.6 Å². The van der Waals surface area contributed by atoms with Gasteiger partial charge < -0.3 is 25.4 Å². The van der Waals surface area contributed by atoms with Crippen molar-refractivity contribution >= 4 is 29.3 Å². The summed E-state index contributed by atoms with van der Waals surface area (Å²) in [6, 6.07) is 4.96. The van der Waals surface area contributed by atoms with Crippen LogP contribution in [0, 0.1) is 5.92 Å². The number of carbonyl (C=O) groups excluding carboxylic acids is 3. The number of ether oxygens (including phenoxy) is 2. The molecule has 33 heavy (non-hydrogen) atoms. The highest BCUT2D eigenvalue weighted by atomic mass is 16.6. The first-order valence-corrected chi connectivity index (χ1v) is 12.4. The van der Waals surface area contributed by atoms with Crippen molar-refractivity contribution in [3.05, 3.63) is 23.8 Å². The van der Waals surface area contributed by atoms with Gasteiger partial charge in [-0.3, -0.25) is 9.59 Å². The Bertz CT molecular complexity index is 917. The van der Waals surface area contributed by atoms with E-state index in [1.807, 2.05) is 18.2 Å². The summed E-state index contributed by atoms with van der Waals surface area (Å²) < 4.78 is 10.9. The number of hydrogen-bond acceptors (Lipinski definition) is 5. The Kier molecular flexibility index (Phi) is 6.27. The number of fused-ring (bicyclic) bond motifs is 2. The van der Waals surface area contributed by atoms with Gasteiger partial charge >= 0.3 is 6.09 Å². The topological polar surface area (TPSA) is 106 Å². The van der Waals surface area contributed by atoms with E-state index in [9.17, 15) is 14.4 Å². The summed E-state index contributed by atoms with van der Waals surface area (Å²) >= 11 is 0. The number of benzene rings is 1. The second-order valence-corrected chi connectivity index (χ2v) is 9.88. The molecule has 2 aliphatic heterocycles. The Hall–Kier alpha value is -2.61. The van der Waals surface area contributed by atoms with Crippen LogP contribution in [0.2, 0.25) is 0 Å². The molecule has 4 aliphatic rings. The summed E-state index contributed by atoms with van der Waals surface area (Å²) in [5, 5.41) is 8.83. The lowest BCUT2D eigenvalue weighted by molar-refractivity contribution is -0.124. The fraction of sp³-hybridized carbons (Fsp3) is 0.640. The first kappa shape index (κ1) is 22.2. The number of anilines is 2. The van der Waals surface area contributed by atoms with Crippen molar-refractivity contribution in [2.45, 2.75) is 81.8 Å². The molecule has 1 aromatic rings. The lowest BCUT2D eigenvalue weighted by atomic mass is 9.75. The van der Waals surface area contributed by atoms with Gasteiger partial charge in [-0.05, 0) is 68.6 Å². The molecule has 1 spiro atoms. The Morgan fingerprint density at radius 1 is 1.06 bits per heavy atom. The molecule has 1 saturated heterocycles. The summed E-state index contributed by atoms with van der Waals surface area (Å²) in [4.78, 5) is 38.5. The van der Waals surface area contributed by atoms with Crippen molar-refractivity contribution < 1.29 is 23.9 Å². The third kappa shape index (κ3) is 4.45. The molecule has 8 nitrogen and oxygen atoms in total. The first-order chi connectivity index (χ1) is 16.0. The molecule has 178 valence electrons. The molecule has 0 radical (unpaired) electrons. The maximum atomic E-state index is 13.3. The molecule has 0 aromatic heterocycles. The van der Waals surface area contributed by atoms with Gasteiger partial charge in [-0.15, -0.1) is 0 Å². The number of rotatable bonds is 5. The minimum atomic E-state index is -0.637. The Labute approximate surface area is 194 Å². The average Bonchev–Trinajstić information content (AvgIpc) is 3.05. The third-order valence-electron chi connectivity index (χ3n) is 7.83. The zero-order valence-electron chi connectivity index (χ0n) is 19.0. The molecule has 2 saturated carbocycles. The van der Waals surface area contributed by atoms with Crippen LogP contribution in [-0.2, 0) is 24.5 Å². The zero-order valence-corrected chi connectivity index (χ0v) is 19.0. The van der Waals surface area contributed by atoms with Crippen LogP contribution in [0.15, 0.2) is 18.2 Å². The predicted octanol–water partition coefficient (Wildman–Crippen LogP) is 3.85. The zero-order chi connectivity index (χ0) is 22.8. The summed E-state index contributed by atoms with van der Waals surface area (Å²) in [6.07, 6.45) is 8.75. The largest absolute Gasteiger partial charge is 0.446 e. The molecule has 3 amide bonds. The van der Waals surface area contributed by atoms with E-state index in [0.717, 1.165) is 62.6 Å². The summed E-state index contributed by atoms with van der Waals surface area (Å²) in [6.45, 7) is 1.13. The lowest BCUT2D eigenvalue weighted by Crippen LogP contribution is -2.50. The number of nitrogens with one attached hydrogen (secondary N) is 3. The highest BCUT2D eigenvalue weighted by molar-refractivity contribution is 6.07. The maximum absolute atomic E-state index is 13.3. The Morgan fingerprint density at radius 3 is 2.52 bits per heavy atom. The van der Waals surface area contributed by atoms with Gasteiger partial charge in [0.1, 0.15) is 12.1 Å². The summed E-state index contributed by atoms with van der Waals surface area (Å²) in [5.41, 5.74) is 1.79. The molecule has 2 heterocycles. The van der Waals surface area contributed by atoms with Gasteiger partial charge in [-0.2, -0.15) is 0 Å². The van der Waals surface area contributed by atoms with E-state index in [2.05, 4.69) is 16.0 Å². The normalized spacial score (nSPS) is 23.2. The highest BCUT2D eigenvalue weighted by Crippen LogP contribution is 2.45. The fourth-order valence-electron chi connectivity index (χ4n) is 5.61. The minimum Gasteiger partial charge on any atom is -0.446 e. The van der Waals surface area contributed by atoms with E-state index in [-0.39, 0.29) is 23.8 Å². The molecule has 1 atom stereocenters. The molecule has 3 fully saturated rings. The molecule has 3 N–H and O–H groups in total. The smallest absolute Gasteiger partial charge is 0.408 e. The van der Waals surface area contributed by atoms with Gasteiger partial charge in [0, 0.05) is 24.6 Å². The Balaban J connectivity index is 1.30. The van der Waals surface area contributed by atoms with Crippen molar-refractivity contribution in [1.82, 2.24) is 5.32 Å². The molecular weight excluding hydrogens is 422 g/mol. The van der Waals surface area contributed by atoms with Gasteiger partial charge in [-0.1, -0.05) is 25.3 Å². The summed E-state index contributed by atoms with van der Waals surface area (Å²) in [7, 11) is 0. The molecule has 8 heteroatoms. The maximum Gasteiger partial charge on any atom is 0.408 e. The van der Waals surface area contributed by atoms with E-state index in [0.29, 0.717) is 31.7 Å². The number of alkyl carbamates (subject to hydrolysis) is 1. The second kappa shape index (κ2) is 9.33. The monoisotopic (exact) mass is 455 g/mol. The number of amides is 3. The lowest BCUT2D eigenvalue weighted by Gasteiger charge is -2.32. The average molecular weight is 456 g/mol. The van der Waals surface area contributed by atoms with Crippen LogP contribution in [-0.4, -0.2) is 43.3 Å². The molecule has 1 aromatic carbocycles. The van der Waals surface area contributed by atoms with E-state index in [4.69, 9.17) is 9.47 Å². The second-order valence-electron chi connectivity index (χ2n) is 9.88. The van der Waals surface area contributed by atoms with E-state index in [1.165, 1.54) is 0 Å². The van der Waals surface area contributed by atoms with Gasteiger partial charge in [0.15, 0.2) is 0 Å². The molecule has 0 bridgehead atoms. The predicted molar refractivity (Wildman–Crippen MR) is 123 cm³/mol. The van der Waals surface area contributed by atoms with Gasteiger partial charge in [0.2, 0.25) is 11.8 Å². The number of hydrogen-bond donors (Lipinski definition) is 3. The highest BCUT2D eigenvalue weighted by Gasteiger charge is 2.47.